The fraction of sp³-hybridized carbons (Fsp3) is 0.176. The van der Waals surface area contributed by atoms with Gasteiger partial charge in [0.15, 0.2) is 0 Å². The molecule has 0 saturated carbocycles. The van der Waals surface area contributed by atoms with Crippen LogP contribution in [0.1, 0.15) is 17.2 Å². The summed E-state index contributed by atoms with van der Waals surface area (Å²) in [4.78, 5) is 5.06. The number of phenolic OH excluding ortho intramolecular Hbond substituents is 2. The van der Waals surface area contributed by atoms with Crippen molar-refractivity contribution in [1.82, 2.24) is 9.88 Å². The molecule has 1 atom stereocenters. The molecule has 0 saturated heterocycles. The van der Waals surface area contributed by atoms with E-state index in [0.29, 0.717) is 5.56 Å². The number of hydrogen-bond donors (Lipinski definition) is 3. The van der Waals surface area contributed by atoms with Crippen molar-refractivity contribution in [1.29, 1.82) is 0 Å². The van der Waals surface area contributed by atoms with Crippen LogP contribution in [-0.2, 0) is 0 Å². The zero-order chi connectivity index (χ0) is 15.9. The van der Waals surface area contributed by atoms with Gasteiger partial charge in [0, 0.05) is 28.7 Å². The minimum absolute atomic E-state index is 0.00345. The maximum absolute atomic E-state index is 13.6. The Bertz CT molecular complexity index is 827. The lowest BCUT2D eigenvalue weighted by molar-refractivity contribution is 0.332. The Morgan fingerprint density at radius 2 is 1.82 bits per heavy atom. The number of aromatic amines is 1. The van der Waals surface area contributed by atoms with Crippen molar-refractivity contribution in [2.24, 2.45) is 0 Å². The van der Waals surface area contributed by atoms with E-state index >= 15 is 0 Å². The van der Waals surface area contributed by atoms with Crippen molar-refractivity contribution in [3.05, 3.63) is 59.5 Å². The highest BCUT2D eigenvalue weighted by Crippen LogP contribution is 2.37. The summed E-state index contributed by atoms with van der Waals surface area (Å²) < 4.78 is 13.6. The van der Waals surface area contributed by atoms with Crippen LogP contribution in [0.25, 0.3) is 10.9 Å². The van der Waals surface area contributed by atoms with Crippen molar-refractivity contribution in [3.63, 3.8) is 0 Å². The van der Waals surface area contributed by atoms with E-state index in [0.717, 1.165) is 16.5 Å². The summed E-state index contributed by atoms with van der Waals surface area (Å²) in [5, 5.41) is 20.4. The first-order valence-electron chi connectivity index (χ1n) is 6.92. The van der Waals surface area contributed by atoms with Crippen molar-refractivity contribution in [2.75, 3.05) is 14.1 Å². The maximum atomic E-state index is 13.6. The van der Waals surface area contributed by atoms with E-state index in [1.165, 1.54) is 24.3 Å². The van der Waals surface area contributed by atoms with E-state index in [1.807, 2.05) is 25.2 Å². The third kappa shape index (κ3) is 2.40. The van der Waals surface area contributed by atoms with Crippen molar-refractivity contribution >= 4 is 10.9 Å². The van der Waals surface area contributed by atoms with Gasteiger partial charge in [0.2, 0.25) is 0 Å². The Labute approximate surface area is 127 Å². The number of benzene rings is 2. The van der Waals surface area contributed by atoms with E-state index in [2.05, 4.69) is 4.98 Å². The van der Waals surface area contributed by atoms with E-state index < -0.39 is 0 Å². The number of nitrogens with one attached hydrogen (secondary N) is 1. The maximum Gasteiger partial charge on any atom is 0.124 e. The zero-order valence-corrected chi connectivity index (χ0v) is 12.3. The van der Waals surface area contributed by atoms with Gasteiger partial charge in [0.25, 0.3) is 0 Å². The molecular formula is C17H17FN2O2. The van der Waals surface area contributed by atoms with Crippen LogP contribution in [0, 0.1) is 5.82 Å². The molecule has 4 nitrogen and oxygen atoms in total. The van der Waals surface area contributed by atoms with Gasteiger partial charge in [0.05, 0.1) is 6.04 Å². The van der Waals surface area contributed by atoms with Gasteiger partial charge in [-0.1, -0.05) is 0 Å². The normalized spacial score (nSPS) is 12.9. The number of phenols is 2. The van der Waals surface area contributed by atoms with Crippen molar-refractivity contribution in [2.45, 2.75) is 6.04 Å². The van der Waals surface area contributed by atoms with Crippen LogP contribution < -0.4 is 0 Å². The summed E-state index contributed by atoms with van der Waals surface area (Å²) >= 11 is 0. The molecule has 0 aliphatic heterocycles. The Kier molecular flexibility index (Phi) is 3.50. The number of halogens is 1. The van der Waals surface area contributed by atoms with Crippen LogP contribution in [0.4, 0.5) is 4.39 Å². The quantitative estimate of drug-likeness (QED) is 0.695. The molecular weight excluding hydrogens is 283 g/mol. The largest absolute Gasteiger partial charge is 0.508 e. The average Bonchev–Trinajstić information content (AvgIpc) is 2.84. The molecule has 0 spiro atoms. The Morgan fingerprint density at radius 3 is 2.50 bits per heavy atom. The second-order valence-corrected chi connectivity index (χ2v) is 5.54. The summed E-state index contributed by atoms with van der Waals surface area (Å²) in [5.74, 6) is -0.297. The summed E-state index contributed by atoms with van der Waals surface area (Å²) in [6, 6.07) is 8.82. The molecule has 3 aromatic rings. The monoisotopic (exact) mass is 300 g/mol. The summed E-state index contributed by atoms with van der Waals surface area (Å²) in [6.45, 7) is 0. The third-order valence-corrected chi connectivity index (χ3v) is 3.80. The van der Waals surface area contributed by atoms with E-state index in [-0.39, 0.29) is 23.4 Å². The van der Waals surface area contributed by atoms with Gasteiger partial charge in [-0.15, -0.1) is 0 Å². The highest BCUT2D eigenvalue weighted by molar-refractivity contribution is 5.84. The second-order valence-electron chi connectivity index (χ2n) is 5.54. The highest BCUT2D eigenvalue weighted by Gasteiger charge is 2.23. The van der Waals surface area contributed by atoms with Crippen molar-refractivity contribution < 1.29 is 14.6 Å². The van der Waals surface area contributed by atoms with Gasteiger partial charge >= 0.3 is 0 Å². The average molecular weight is 300 g/mol. The number of hydrogen-bond acceptors (Lipinski definition) is 3. The minimum Gasteiger partial charge on any atom is -0.508 e. The second kappa shape index (κ2) is 5.35. The topological polar surface area (TPSA) is 59.5 Å². The first-order chi connectivity index (χ1) is 10.5. The number of aromatic hydroxyl groups is 2. The highest BCUT2D eigenvalue weighted by atomic mass is 19.1. The van der Waals surface area contributed by atoms with Crippen LogP contribution in [0.5, 0.6) is 11.5 Å². The fourth-order valence-corrected chi connectivity index (χ4v) is 2.83. The van der Waals surface area contributed by atoms with Crippen LogP contribution >= 0.6 is 0 Å². The molecule has 0 radical (unpaired) electrons. The lowest BCUT2D eigenvalue weighted by Gasteiger charge is -2.25. The van der Waals surface area contributed by atoms with Crippen LogP contribution in [0.3, 0.4) is 0 Å². The molecule has 0 amide bonds. The number of nitrogens with zero attached hydrogens (tertiary/aromatic N) is 1. The fourth-order valence-electron chi connectivity index (χ4n) is 2.83. The molecule has 0 aliphatic carbocycles. The predicted octanol–water partition coefficient (Wildman–Crippen LogP) is 3.37. The molecule has 1 unspecified atom stereocenters. The van der Waals surface area contributed by atoms with Crippen LogP contribution in [0.2, 0.25) is 0 Å². The molecule has 0 bridgehead atoms. The van der Waals surface area contributed by atoms with Gasteiger partial charge < -0.3 is 15.2 Å². The SMILES string of the molecule is CN(C)C(c1ccc(O)cc1O)c1c[nH]c2ccc(F)cc12. The Morgan fingerprint density at radius 1 is 1.05 bits per heavy atom. The first-order valence-corrected chi connectivity index (χ1v) is 6.92. The molecule has 1 heterocycles. The van der Waals surface area contributed by atoms with E-state index in [9.17, 15) is 14.6 Å². The molecule has 1 aromatic heterocycles. The zero-order valence-electron chi connectivity index (χ0n) is 12.3. The number of rotatable bonds is 3. The summed E-state index contributed by atoms with van der Waals surface area (Å²) in [5.41, 5.74) is 2.34. The Balaban J connectivity index is 2.20. The molecule has 0 fully saturated rings. The number of aromatic nitrogens is 1. The lowest BCUT2D eigenvalue weighted by Crippen LogP contribution is -2.21. The molecule has 0 aliphatic rings. The Hall–Kier alpha value is -2.53. The minimum atomic E-state index is -0.305. The van der Waals surface area contributed by atoms with Gasteiger partial charge in [-0.3, -0.25) is 4.90 Å². The van der Waals surface area contributed by atoms with Gasteiger partial charge in [-0.05, 0) is 50.0 Å². The summed E-state index contributed by atoms with van der Waals surface area (Å²) in [6.07, 6.45) is 1.82. The lowest BCUT2D eigenvalue weighted by atomic mass is 9.96. The van der Waals surface area contributed by atoms with Gasteiger partial charge in [-0.2, -0.15) is 0 Å². The predicted molar refractivity (Wildman–Crippen MR) is 83.6 cm³/mol. The van der Waals surface area contributed by atoms with Crippen molar-refractivity contribution in [3.8, 4) is 11.5 Å². The van der Waals surface area contributed by atoms with Gasteiger partial charge in [-0.25, -0.2) is 4.39 Å². The third-order valence-electron chi connectivity index (χ3n) is 3.80. The van der Waals surface area contributed by atoms with Gasteiger partial charge in [0.1, 0.15) is 17.3 Å². The number of fused-ring (bicyclic) bond motifs is 1. The standard InChI is InChI=1S/C17H17FN2O2/c1-20(2)17(12-5-4-11(21)8-16(12)22)14-9-19-15-6-3-10(18)7-13(14)15/h3-9,17,19,21-22H,1-2H3. The number of H-pyrrole nitrogens is 1. The molecule has 114 valence electrons. The van der Waals surface area contributed by atoms with E-state index in [1.54, 1.807) is 12.1 Å². The van der Waals surface area contributed by atoms with E-state index in [4.69, 9.17) is 0 Å². The molecule has 22 heavy (non-hydrogen) atoms. The molecule has 3 rings (SSSR count). The first kappa shape index (κ1) is 14.4. The molecule has 5 heteroatoms. The van der Waals surface area contributed by atoms with Crippen LogP contribution in [0.15, 0.2) is 42.6 Å². The smallest absolute Gasteiger partial charge is 0.124 e. The van der Waals surface area contributed by atoms with Crippen LogP contribution in [-0.4, -0.2) is 34.2 Å². The molecule has 2 aromatic carbocycles. The summed E-state index contributed by atoms with van der Waals surface area (Å²) in [7, 11) is 3.77. The molecule has 3 N–H and O–H groups in total.